The fourth-order valence-corrected chi connectivity index (χ4v) is 4.16. The number of nitrogens with zero attached hydrogens (tertiary/aromatic N) is 1. The number of halogens is 1. The van der Waals surface area contributed by atoms with Crippen molar-refractivity contribution in [3.05, 3.63) is 64.2 Å². The number of aliphatic hydroxyl groups is 1. The summed E-state index contributed by atoms with van der Waals surface area (Å²) in [7, 11) is 0. The van der Waals surface area contributed by atoms with Crippen LogP contribution >= 0.6 is 11.6 Å². The minimum Gasteiger partial charge on any atom is -0.487 e. The van der Waals surface area contributed by atoms with Gasteiger partial charge in [-0.2, -0.15) is 0 Å². The Morgan fingerprint density at radius 1 is 1.21 bits per heavy atom. The number of carbonyl (C=O) groups excluding carboxylic acids is 1. The Kier molecular flexibility index (Phi) is 6.86. The van der Waals surface area contributed by atoms with Crippen LogP contribution in [0.1, 0.15) is 43.9 Å². The van der Waals surface area contributed by atoms with Crippen molar-refractivity contribution in [1.29, 1.82) is 0 Å². The molecule has 1 aliphatic rings. The van der Waals surface area contributed by atoms with E-state index in [1.54, 1.807) is 4.90 Å². The predicted octanol–water partition coefficient (Wildman–Crippen LogP) is 4.44. The van der Waals surface area contributed by atoms with Gasteiger partial charge in [-0.1, -0.05) is 35.9 Å². The molecule has 3 rings (SSSR count). The van der Waals surface area contributed by atoms with Crippen molar-refractivity contribution in [1.82, 2.24) is 4.90 Å². The second kappa shape index (κ2) is 9.19. The van der Waals surface area contributed by atoms with Crippen molar-refractivity contribution in [3.63, 3.8) is 0 Å². The average Bonchev–Trinajstić information content (AvgIpc) is 3.00. The molecule has 0 saturated carbocycles. The fraction of sp³-hybridized carbons (Fsp3) is 0.458. The van der Waals surface area contributed by atoms with Crippen molar-refractivity contribution in [2.24, 2.45) is 0 Å². The molecule has 4 nitrogen and oxygen atoms in total. The minimum absolute atomic E-state index is 0.00763. The van der Waals surface area contributed by atoms with Crippen LogP contribution < -0.4 is 4.74 Å². The summed E-state index contributed by atoms with van der Waals surface area (Å²) in [6, 6.07) is 14.2. The third-order valence-electron chi connectivity index (χ3n) is 5.45. The first kappa shape index (κ1) is 21.7. The molecule has 1 heterocycles. The van der Waals surface area contributed by atoms with Crippen molar-refractivity contribution >= 4 is 17.5 Å². The Labute approximate surface area is 178 Å². The van der Waals surface area contributed by atoms with Gasteiger partial charge in [-0.25, -0.2) is 0 Å². The number of ether oxygens (including phenoxy) is 1. The lowest BCUT2D eigenvalue weighted by Gasteiger charge is -2.26. The number of fused-ring (bicyclic) bond motifs is 1. The highest BCUT2D eigenvalue weighted by molar-refractivity contribution is 6.30. The highest BCUT2D eigenvalue weighted by Crippen LogP contribution is 2.37. The Morgan fingerprint density at radius 2 is 1.90 bits per heavy atom. The van der Waals surface area contributed by atoms with Crippen LogP contribution in [-0.2, 0) is 24.1 Å². The molecule has 1 atom stereocenters. The molecule has 1 aliphatic heterocycles. The maximum absolute atomic E-state index is 12.5. The van der Waals surface area contributed by atoms with Crippen LogP contribution in [0, 0.1) is 0 Å². The van der Waals surface area contributed by atoms with E-state index in [0.29, 0.717) is 19.4 Å². The summed E-state index contributed by atoms with van der Waals surface area (Å²) in [6.45, 7) is 6.47. The highest BCUT2D eigenvalue weighted by atomic mass is 35.5. The third kappa shape index (κ3) is 5.52. The van der Waals surface area contributed by atoms with E-state index in [1.165, 1.54) is 11.1 Å². The smallest absolute Gasteiger partial charge is 0.223 e. The van der Waals surface area contributed by atoms with E-state index in [0.717, 1.165) is 29.2 Å². The number of rotatable bonds is 8. The molecule has 5 heteroatoms. The molecule has 0 saturated heterocycles. The Morgan fingerprint density at radius 3 is 2.55 bits per heavy atom. The van der Waals surface area contributed by atoms with Gasteiger partial charge in [0.1, 0.15) is 11.4 Å². The molecule has 0 bridgehead atoms. The van der Waals surface area contributed by atoms with E-state index in [4.69, 9.17) is 16.3 Å². The molecule has 0 radical (unpaired) electrons. The van der Waals surface area contributed by atoms with Crippen LogP contribution in [0.4, 0.5) is 0 Å². The number of hydrogen-bond acceptors (Lipinski definition) is 3. The number of hydrogen-bond donors (Lipinski definition) is 1. The summed E-state index contributed by atoms with van der Waals surface area (Å²) in [5, 5.41) is 9.92. The van der Waals surface area contributed by atoms with E-state index in [1.807, 2.05) is 50.2 Å². The minimum atomic E-state index is -0.278. The molecular formula is C24H30ClNO3. The van der Waals surface area contributed by atoms with Gasteiger partial charge in [0.2, 0.25) is 5.91 Å². The first-order valence-corrected chi connectivity index (χ1v) is 10.6. The molecular weight excluding hydrogens is 386 g/mol. The standard InChI is InChI=1S/C24H30ClNO3/c1-17(2)26(12-13-27)23(28)11-7-18-6-10-22-20(14-18)16-24(3,29-22)15-19-4-8-21(25)9-5-19/h4-6,8-10,14,17,27H,7,11-13,15-16H2,1-3H3/t24-/m1/s1. The van der Waals surface area contributed by atoms with Crippen molar-refractivity contribution in [2.45, 2.75) is 58.1 Å². The van der Waals surface area contributed by atoms with Crippen LogP contribution in [0.3, 0.4) is 0 Å². The van der Waals surface area contributed by atoms with Crippen LogP contribution in [-0.4, -0.2) is 40.7 Å². The molecule has 0 spiro atoms. The quantitative estimate of drug-likeness (QED) is 0.693. The van der Waals surface area contributed by atoms with Gasteiger partial charge in [-0.3, -0.25) is 4.79 Å². The summed E-state index contributed by atoms with van der Waals surface area (Å²) in [5.41, 5.74) is 3.26. The Bertz CT molecular complexity index is 850. The van der Waals surface area contributed by atoms with Gasteiger partial charge in [-0.05, 0) is 62.1 Å². The lowest BCUT2D eigenvalue weighted by molar-refractivity contribution is -0.133. The van der Waals surface area contributed by atoms with E-state index < -0.39 is 0 Å². The first-order valence-electron chi connectivity index (χ1n) is 10.3. The lowest BCUT2D eigenvalue weighted by Crippen LogP contribution is -2.39. The van der Waals surface area contributed by atoms with Crippen molar-refractivity contribution in [3.8, 4) is 5.75 Å². The maximum Gasteiger partial charge on any atom is 0.223 e. The predicted molar refractivity (Wildman–Crippen MR) is 117 cm³/mol. The molecule has 2 aromatic carbocycles. The van der Waals surface area contributed by atoms with Crippen LogP contribution in [0.2, 0.25) is 5.02 Å². The molecule has 1 N–H and O–H groups in total. The van der Waals surface area contributed by atoms with E-state index in [-0.39, 0.29) is 24.2 Å². The molecule has 2 aromatic rings. The summed E-state index contributed by atoms with van der Waals surface area (Å²) < 4.78 is 6.27. The molecule has 0 aromatic heterocycles. The van der Waals surface area contributed by atoms with Gasteiger partial charge in [-0.15, -0.1) is 0 Å². The normalized spacial score (nSPS) is 17.9. The largest absolute Gasteiger partial charge is 0.487 e. The topological polar surface area (TPSA) is 49.8 Å². The van der Waals surface area contributed by atoms with Gasteiger partial charge in [0.05, 0.1) is 6.61 Å². The van der Waals surface area contributed by atoms with Crippen LogP contribution in [0.15, 0.2) is 42.5 Å². The van der Waals surface area contributed by atoms with E-state index in [9.17, 15) is 9.90 Å². The molecule has 156 valence electrons. The summed E-state index contributed by atoms with van der Waals surface area (Å²) in [4.78, 5) is 14.2. The SMILES string of the molecule is CC(C)N(CCO)C(=O)CCc1ccc2c(c1)C[C@@](C)(Cc1ccc(Cl)cc1)O2. The number of aliphatic hydroxyl groups excluding tert-OH is 1. The zero-order chi connectivity index (χ0) is 21.0. The van der Waals surface area contributed by atoms with Crippen molar-refractivity contribution in [2.75, 3.05) is 13.2 Å². The lowest BCUT2D eigenvalue weighted by atomic mass is 9.91. The Hall–Kier alpha value is -2.04. The van der Waals surface area contributed by atoms with Crippen LogP contribution in [0.5, 0.6) is 5.75 Å². The second-order valence-electron chi connectivity index (χ2n) is 8.38. The number of benzene rings is 2. The molecule has 29 heavy (non-hydrogen) atoms. The van der Waals surface area contributed by atoms with Gasteiger partial charge in [0, 0.05) is 36.9 Å². The number of carbonyl (C=O) groups is 1. The summed E-state index contributed by atoms with van der Waals surface area (Å²) >= 11 is 5.99. The summed E-state index contributed by atoms with van der Waals surface area (Å²) in [6.07, 6.45) is 2.79. The highest BCUT2D eigenvalue weighted by Gasteiger charge is 2.35. The molecule has 0 aliphatic carbocycles. The fourth-order valence-electron chi connectivity index (χ4n) is 4.04. The third-order valence-corrected chi connectivity index (χ3v) is 5.70. The van der Waals surface area contributed by atoms with Crippen molar-refractivity contribution < 1.29 is 14.6 Å². The first-order chi connectivity index (χ1) is 13.8. The number of aryl methyl sites for hydroxylation is 1. The van der Waals surface area contributed by atoms with Gasteiger partial charge in [0.25, 0.3) is 0 Å². The summed E-state index contributed by atoms with van der Waals surface area (Å²) in [5.74, 6) is 1.01. The van der Waals surface area contributed by atoms with E-state index in [2.05, 4.69) is 13.0 Å². The Balaban J connectivity index is 1.62. The molecule has 0 fully saturated rings. The van der Waals surface area contributed by atoms with Gasteiger partial charge >= 0.3 is 0 Å². The number of amides is 1. The monoisotopic (exact) mass is 415 g/mol. The second-order valence-corrected chi connectivity index (χ2v) is 8.81. The molecule has 1 amide bonds. The average molecular weight is 416 g/mol. The van der Waals surface area contributed by atoms with E-state index >= 15 is 0 Å². The van der Waals surface area contributed by atoms with Gasteiger partial charge in [0.15, 0.2) is 0 Å². The van der Waals surface area contributed by atoms with Crippen LogP contribution in [0.25, 0.3) is 0 Å². The maximum atomic E-state index is 12.5. The van der Waals surface area contributed by atoms with Gasteiger partial charge < -0.3 is 14.7 Å². The zero-order valence-electron chi connectivity index (χ0n) is 17.5. The molecule has 0 unspecified atom stereocenters. The zero-order valence-corrected chi connectivity index (χ0v) is 18.2.